The van der Waals surface area contributed by atoms with Gasteiger partial charge in [0.15, 0.2) is 0 Å². The van der Waals surface area contributed by atoms with Gasteiger partial charge >= 0.3 is 0 Å². The molecule has 1 N–H and O–H groups in total. The lowest BCUT2D eigenvalue weighted by Gasteiger charge is -2.11. The molecule has 0 aliphatic heterocycles. The first-order valence-electron chi connectivity index (χ1n) is 5.99. The van der Waals surface area contributed by atoms with Crippen molar-refractivity contribution in [2.24, 2.45) is 0 Å². The van der Waals surface area contributed by atoms with Gasteiger partial charge in [-0.15, -0.1) is 0 Å². The topological polar surface area (TPSA) is 47.0 Å². The van der Waals surface area contributed by atoms with E-state index in [1.54, 1.807) is 12.3 Å². The van der Waals surface area contributed by atoms with Crippen molar-refractivity contribution >= 4 is 21.9 Å². The molecule has 0 fully saturated rings. The molecule has 0 spiro atoms. The molecule has 17 heavy (non-hydrogen) atoms. The number of hydrogen-bond acceptors (Lipinski definition) is 4. The van der Waals surface area contributed by atoms with Crippen molar-refractivity contribution in [3.05, 3.63) is 12.3 Å². The van der Waals surface area contributed by atoms with Crippen molar-refractivity contribution in [1.82, 2.24) is 9.97 Å². The Bertz CT molecular complexity index is 333. The van der Waals surface area contributed by atoms with Crippen LogP contribution in [0, 0.1) is 0 Å². The number of rotatable bonds is 7. The van der Waals surface area contributed by atoms with Gasteiger partial charge in [0.1, 0.15) is 0 Å². The zero-order chi connectivity index (χ0) is 12.7. The number of ether oxygens (including phenoxy) is 1. The normalized spacial score (nSPS) is 12.5. The highest BCUT2D eigenvalue weighted by Gasteiger charge is 2.03. The van der Waals surface area contributed by atoms with Gasteiger partial charge in [0.05, 0.1) is 6.10 Å². The van der Waals surface area contributed by atoms with E-state index in [9.17, 15) is 0 Å². The van der Waals surface area contributed by atoms with Crippen molar-refractivity contribution < 1.29 is 4.74 Å². The van der Waals surface area contributed by atoms with E-state index in [1.165, 1.54) is 0 Å². The van der Waals surface area contributed by atoms with E-state index < -0.39 is 0 Å². The van der Waals surface area contributed by atoms with Crippen LogP contribution in [0.2, 0.25) is 0 Å². The summed E-state index contributed by atoms with van der Waals surface area (Å²) in [7, 11) is 0. The fourth-order valence-electron chi connectivity index (χ4n) is 1.28. The van der Waals surface area contributed by atoms with Crippen LogP contribution in [0.25, 0.3) is 0 Å². The highest BCUT2D eigenvalue weighted by atomic mass is 79.9. The molecule has 0 aliphatic carbocycles. The van der Waals surface area contributed by atoms with Crippen LogP contribution in [0.15, 0.2) is 12.3 Å². The molecule has 1 unspecified atom stereocenters. The Morgan fingerprint density at radius 2 is 2.24 bits per heavy atom. The molecule has 0 radical (unpaired) electrons. The maximum atomic E-state index is 5.50. The quantitative estimate of drug-likeness (QED) is 0.786. The van der Waals surface area contributed by atoms with Crippen molar-refractivity contribution in [1.29, 1.82) is 0 Å². The summed E-state index contributed by atoms with van der Waals surface area (Å²) in [5, 5.41) is 3.19. The van der Waals surface area contributed by atoms with Crippen molar-refractivity contribution in [3.8, 4) is 5.88 Å². The standard InChI is InChI=1S/C12H20BrN3O/c1-4-10(13)5-7-14-12-15-8-6-11(16-12)17-9(2)3/h6,8-10H,4-5,7H2,1-3H3,(H,14,15,16). The lowest BCUT2D eigenvalue weighted by molar-refractivity contribution is 0.232. The highest BCUT2D eigenvalue weighted by Crippen LogP contribution is 2.12. The van der Waals surface area contributed by atoms with Crippen LogP contribution in [0.3, 0.4) is 0 Å². The molecule has 0 aliphatic rings. The zero-order valence-corrected chi connectivity index (χ0v) is 12.2. The summed E-state index contributed by atoms with van der Waals surface area (Å²) >= 11 is 3.59. The first kappa shape index (κ1) is 14.2. The smallest absolute Gasteiger partial charge is 0.225 e. The fourth-order valence-corrected chi connectivity index (χ4v) is 1.51. The molecule has 0 bridgehead atoms. The number of nitrogens with zero attached hydrogens (tertiary/aromatic N) is 2. The van der Waals surface area contributed by atoms with E-state index >= 15 is 0 Å². The minimum Gasteiger partial charge on any atom is -0.475 e. The minimum atomic E-state index is 0.129. The summed E-state index contributed by atoms with van der Waals surface area (Å²) in [6, 6.07) is 1.77. The third kappa shape index (κ3) is 5.86. The lowest BCUT2D eigenvalue weighted by Crippen LogP contribution is -2.11. The summed E-state index contributed by atoms with van der Waals surface area (Å²) in [5.41, 5.74) is 0. The first-order valence-corrected chi connectivity index (χ1v) is 6.91. The van der Waals surface area contributed by atoms with Gasteiger partial charge in [-0.1, -0.05) is 22.9 Å². The number of aromatic nitrogens is 2. The molecule has 0 saturated carbocycles. The number of hydrogen-bond donors (Lipinski definition) is 1. The summed E-state index contributed by atoms with van der Waals surface area (Å²) in [5.74, 6) is 1.24. The van der Waals surface area contributed by atoms with Gasteiger partial charge in [-0.2, -0.15) is 4.98 Å². The zero-order valence-electron chi connectivity index (χ0n) is 10.6. The third-order valence-corrected chi connectivity index (χ3v) is 3.28. The molecule has 0 aromatic carbocycles. The molecule has 1 atom stereocenters. The van der Waals surface area contributed by atoms with Crippen LogP contribution >= 0.6 is 15.9 Å². The third-order valence-electron chi connectivity index (χ3n) is 2.17. The van der Waals surface area contributed by atoms with Crippen LogP contribution < -0.4 is 10.1 Å². The van der Waals surface area contributed by atoms with Crippen molar-refractivity contribution in [2.75, 3.05) is 11.9 Å². The van der Waals surface area contributed by atoms with Gasteiger partial charge in [0, 0.05) is 23.6 Å². The molecule has 1 aromatic heterocycles. The minimum absolute atomic E-state index is 0.129. The molecular weight excluding hydrogens is 282 g/mol. The Hall–Kier alpha value is -0.840. The Labute approximate surface area is 111 Å². The molecule has 0 amide bonds. The molecule has 4 nitrogen and oxygen atoms in total. The number of nitrogens with one attached hydrogen (secondary N) is 1. The average Bonchev–Trinajstić information content (AvgIpc) is 2.28. The molecule has 0 saturated heterocycles. The van der Waals surface area contributed by atoms with Crippen LogP contribution in [-0.2, 0) is 0 Å². The molecule has 1 rings (SSSR count). The van der Waals surface area contributed by atoms with Crippen molar-refractivity contribution in [3.63, 3.8) is 0 Å². The van der Waals surface area contributed by atoms with E-state index in [1.807, 2.05) is 13.8 Å². The summed E-state index contributed by atoms with van der Waals surface area (Å²) in [6.07, 6.45) is 4.01. The lowest BCUT2D eigenvalue weighted by atomic mass is 10.2. The van der Waals surface area contributed by atoms with Gasteiger partial charge < -0.3 is 10.1 Å². The molecular formula is C12H20BrN3O. The predicted molar refractivity (Wildman–Crippen MR) is 73.9 cm³/mol. The summed E-state index contributed by atoms with van der Waals surface area (Å²) in [6.45, 7) is 6.97. The largest absolute Gasteiger partial charge is 0.475 e. The van der Waals surface area contributed by atoms with E-state index in [-0.39, 0.29) is 6.10 Å². The SMILES string of the molecule is CCC(Br)CCNc1nccc(OC(C)C)n1. The van der Waals surface area contributed by atoms with Gasteiger partial charge in [0.2, 0.25) is 11.8 Å². The van der Waals surface area contributed by atoms with Crippen LogP contribution in [-0.4, -0.2) is 27.4 Å². The highest BCUT2D eigenvalue weighted by molar-refractivity contribution is 9.09. The van der Waals surface area contributed by atoms with E-state index in [0.29, 0.717) is 16.7 Å². The van der Waals surface area contributed by atoms with E-state index in [0.717, 1.165) is 19.4 Å². The maximum Gasteiger partial charge on any atom is 0.225 e. The summed E-state index contributed by atoms with van der Waals surface area (Å²) < 4.78 is 5.50. The van der Waals surface area contributed by atoms with Crippen molar-refractivity contribution in [2.45, 2.75) is 44.5 Å². The van der Waals surface area contributed by atoms with E-state index in [2.05, 4.69) is 38.1 Å². The van der Waals surface area contributed by atoms with Crippen LogP contribution in [0.5, 0.6) is 5.88 Å². The Kier molecular flexibility index (Phi) is 6.26. The number of halogens is 1. The van der Waals surface area contributed by atoms with Gasteiger partial charge in [-0.3, -0.25) is 0 Å². The number of alkyl halides is 1. The Morgan fingerprint density at radius 3 is 2.88 bits per heavy atom. The maximum absolute atomic E-state index is 5.50. The number of anilines is 1. The Balaban J connectivity index is 2.43. The summed E-state index contributed by atoms with van der Waals surface area (Å²) in [4.78, 5) is 8.97. The Morgan fingerprint density at radius 1 is 1.47 bits per heavy atom. The van der Waals surface area contributed by atoms with E-state index in [4.69, 9.17) is 4.74 Å². The molecule has 1 heterocycles. The second kappa shape index (κ2) is 7.48. The average molecular weight is 302 g/mol. The molecule has 1 aromatic rings. The fraction of sp³-hybridized carbons (Fsp3) is 0.667. The molecule has 5 heteroatoms. The van der Waals surface area contributed by atoms with Crippen LogP contribution in [0.4, 0.5) is 5.95 Å². The van der Waals surface area contributed by atoms with Gasteiger partial charge in [0.25, 0.3) is 0 Å². The molecule has 96 valence electrons. The first-order chi connectivity index (χ1) is 8.11. The second-order valence-electron chi connectivity index (χ2n) is 4.11. The van der Waals surface area contributed by atoms with Gasteiger partial charge in [-0.25, -0.2) is 4.98 Å². The van der Waals surface area contributed by atoms with Gasteiger partial charge in [-0.05, 0) is 26.7 Å². The predicted octanol–water partition coefficient (Wildman–Crippen LogP) is 3.24. The van der Waals surface area contributed by atoms with Crippen LogP contribution in [0.1, 0.15) is 33.6 Å². The second-order valence-corrected chi connectivity index (χ2v) is 5.40. The monoisotopic (exact) mass is 301 g/mol.